The summed E-state index contributed by atoms with van der Waals surface area (Å²) < 4.78 is 0. The number of nitrogen functional groups attached to an aromatic ring is 1. The summed E-state index contributed by atoms with van der Waals surface area (Å²) in [5.74, 6) is 0.0302. The van der Waals surface area contributed by atoms with Gasteiger partial charge in [0.1, 0.15) is 0 Å². The van der Waals surface area contributed by atoms with Gasteiger partial charge in [-0.25, -0.2) is 0 Å². The smallest absolute Gasteiger partial charge is 0.224 e. The van der Waals surface area contributed by atoms with E-state index in [1.165, 1.54) is 11.1 Å². The van der Waals surface area contributed by atoms with Crippen LogP contribution in [0, 0.1) is 13.8 Å². The van der Waals surface area contributed by atoms with Crippen molar-refractivity contribution in [2.45, 2.75) is 33.2 Å². The summed E-state index contributed by atoms with van der Waals surface area (Å²) in [7, 11) is 0. The number of carbonyl (C=O) groups is 1. The summed E-state index contributed by atoms with van der Waals surface area (Å²) in [5.41, 5.74) is 11.0. The molecule has 21 heavy (non-hydrogen) atoms. The van der Waals surface area contributed by atoms with E-state index in [0.717, 1.165) is 16.8 Å². The zero-order chi connectivity index (χ0) is 15.4. The number of hydrogen-bond donors (Lipinski definition) is 2. The molecule has 0 bridgehead atoms. The van der Waals surface area contributed by atoms with Gasteiger partial charge in [-0.05, 0) is 55.2 Å². The quantitative estimate of drug-likeness (QED) is 0.845. The first-order valence-electron chi connectivity index (χ1n) is 7.16. The monoisotopic (exact) mass is 282 g/mol. The van der Waals surface area contributed by atoms with Crippen LogP contribution in [0.1, 0.15) is 35.2 Å². The molecule has 1 atom stereocenters. The number of rotatable bonds is 4. The van der Waals surface area contributed by atoms with Crippen LogP contribution in [-0.4, -0.2) is 5.91 Å². The highest BCUT2D eigenvalue weighted by molar-refractivity contribution is 5.79. The van der Waals surface area contributed by atoms with Crippen molar-refractivity contribution < 1.29 is 4.79 Å². The van der Waals surface area contributed by atoms with Crippen LogP contribution in [0.5, 0.6) is 0 Å². The maximum absolute atomic E-state index is 12.1. The Kier molecular flexibility index (Phi) is 4.63. The first kappa shape index (κ1) is 15.1. The minimum Gasteiger partial charge on any atom is -0.399 e. The number of hydrogen-bond acceptors (Lipinski definition) is 2. The van der Waals surface area contributed by atoms with Gasteiger partial charge < -0.3 is 11.1 Å². The molecule has 0 aliphatic rings. The fraction of sp³-hybridized carbons (Fsp3) is 0.278. The highest BCUT2D eigenvalue weighted by Crippen LogP contribution is 2.15. The van der Waals surface area contributed by atoms with Crippen LogP contribution in [0.2, 0.25) is 0 Å². The number of carbonyl (C=O) groups excluding carboxylic acids is 1. The fourth-order valence-electron chi connectivity index (χ4n) is 2.26. The molecule has 0 saturated carbocycles. The largest absolute Gasteiger partial charge is 0.399 e. The molecule has 2 aromatic carbocycles. The van der Waals surface area contributed by atoms with Crippen molar-refractivity contribution in [3.05, 3.63) is 64.7 Å². The van der Waals surface area contributed by atoms with Gasteiger partial charge in [0.15, 0.2) is 0 Å². The summed E-state index contributed by atoms with van der Waals surface area (Å²) in [6, 6.07) is 13.7. The van der Waals surface area contributed by atoms with E-state index in [1.807, 2.05) is 37.3 Å². The van der Waals surface area contributed by atoms with Crippen LogP contribution in [0.4, 0.5) is 5.69 Å². The Bertz CT molecular complexity index is 632. The number of amides is 1. The SMILES string of the molecule is Cc1ccc(CC(=O)NC(C)c2ccc(N)cc2)cc1C. The van der Waals surface area contributed by atoms with Crippen molar-refractivity contribution in [3.63, 3.8) is 0 Å². The van der Waals surface area contributed by atoms with E-state index in [-0.39, 0.29) is 11.9 Å². The van der Waals surface area contributed by atoms with Crippen molar-refractivity contribution in [3.8, 4) is 0 Å². The van der Waals surface area contributed by atoms with E-state index in [1.54, 1.807) is 0 Å². The molecule has 0 spiro atoms. The Balaban J connectivity index is 1.97. The van der Waals surface area contributed by atoms with Crippen LogP contribution in [0.3, 0.4) is 0 Å². The number of aryl methyl sites for hydroxylation is 2. The topological polar surface area (TPSA) is 55.1 Å². The number of nitrogens with two attached hydrogens (primary N) is 1. The molecule has 2 rings (SSSR count). The van der Waals surface area contributed by atoms with Gasteiger partial charge in [-0.2, -0.15) is 0 Å². The standard InChI is InChI=1S/C18H22N2O/c1-12-4-5-15(10-13(12)2)11-18(21)20-14(3)16-6-8-17(19)9-7-16/h4-10,14H,11,19H2,1-3H3,(H,20,21). The van der Waals surface area contributed by atoms with Crippen LogP contribution >= 0.6 is 0 Å². The van der Waals surface area contributed by atoms with Crippen molar-refractivity contribution in [1.29, 1.82) is 0 Å². The molecule has 110 valence electrons. The summed E-state index contributed by atoms with van der Waals surface area (Å²) in [6.45, 7) is 6.11. The average molecular weight is 282 g/mol. The van der Waals surface area contributed by atoms with Gasteiger partial charge in [-0.15, -0.1) is 0 Å². The fourth-order valence-corrected chi connectivity index (χ4v) is 2.26. The van der Waals surface area contributed by atoms with Gasteiger partial charge >= 0.3 is 0 Å². The van der Waals surface area contributed by atoms with Crippen LogP contribution < -0.4 is 11.1 Å². The molecular formula is C18H22N2O. The Morgan fingerprint density at radius 2 is 1.76 bits per heavy atom. The molecule has 0 radical (unpaired) electrons. The highest BCUT2D eigenvalue weighted by atomic mass is 16.1. The molecule has 3 nitrogen and oxygen atoms in total. The molecule has 1 amide bonds. The lowest BCUT2D eigenvalue weighted by Gasteiger charge is -2.15. The van der Waals surface area contributed by atoms with Crippen molar-refractivity contribution in [2.24, 2.45) is 0 Å². The van der Waals surface area contributed by atoms with Gasteiger partial charge in [0, 0.05) is 5.69 Å². The lowest BCUT2D eigenvalue weighted by atomic mass is 10.0. The summed E-state index contributed by atoms with van der Waals surface area (Å²) in [6.07, 6.45) is 0.403. The maximum atomic E-state index is 12.1. The Morgan fingerprint density at radius 3 is 2.38 bits per heavy atom. The van der Waals surface area contributed by atoms with Gasteiger partial charge in [0.05, 0.1) is 12.5 Å². The maximum Gasteiger partial charge on any atom is 0.224 e. The second-order valence-corrected chi connectivity index (χ2v) is 5.55. The molecule has 3 heteroatoms. The summed E-state index contributed by atoms with van der Waals surface area (Å²) in [5, 5.41) is 3.02. The van der Waals surface area contributed by atoms with Crippen molar-refractivity contribution in [1.82, 2.24) is 5.32 Å². The van der Waals surface area contributed by atoms with Gasteiger partial charge in [-0.1, -0.05) is 30.3 Å². The average Bonchev–Trinajstić information content (AvgIpc) is 2.43. The van der Waals surface area contributed by atoms with Gasteiger partial charge in [0.25, 0.3) is 0 Å². The molecule has 3 N–H and O–H groups in total. The number of anilines is 1. The molecule has 0 aromatic heterocycles. The molecule has 1 unspecified atom stereocenters. The first-order valence-corrected chi connectivity index (χ1v) is 7.16. The molecule has 0 aliphatic carbocycles. The minimum atomic E-state index is -0.0235. The lowest BCUT2D eigenvalue weighted by Crippen LogP contribution is -2.28. The van der Waals surface area contributed by atoms with E-state index in [4.69, 9.17) is 5.73 Å². The molecular weight excluding hydrogens is 260 g/mol. The third kappa shape index (κ3) is 4.09. The molecule has 2 aromatic rings. The zero-order valence-corrected chi connectivity index (χ0v) is 12.8. The Hall–Kier alpha value is -2.29. The van der Waals surface area contributed by atoms with Gasteiger partial charge in [0.2, 0.25) is 5.91 Å². The van der Waals surface area contributed by atoms with Crippen LogP contribution in [-0.2, 0) is 11.2 Å². The predicted octanol–water partition coefficient (Wildman–Crippen LogP) is 3.31. The molecule has 0 heterocycles. The third-order valence-corrected chi connectivity index (χ3v) is 3.75. The van der Waals surface area contributed by atoms with Crippen molar-refractivity contribution >= 4 is 11.6 Å². The van der Waals surface area contributed by atoms with E-state index in [0.29, 0.717) is 6.42 Å². The first-order chi connectivity index (χ1) is 9.95. The lowest BCUT2D eigenvalue weighted by molar-refractivity contribution is -0.121. The summed E-state index contributed by atoms with van der Waals surface area (Å²) in [4.78, 5) is 12.1. The van der Waals surface area contributed by atoms with Crippen LogP contribution in [0.25, 0.3) is 0 Å². The van der Waals surface area contributed by atoms with E-state index in [9.17, 15) is 4.79 Å². The molecule has 0 fully saturated rings. The normalized spacial score (nSPS) is 12.0. The second kappa shape index (κ2) is 6.44. The second-order valence-electron chi connectivity index (χ2n) is 5.55. The minimum absolute atomic E-state index is 0.0235. The zero-order valence-electron chi connectivity index (χ0n) is 12.8. The van der Waals surface area contributed by atoms with Gasteiger partial charge in [-0.3, -0.25) is 4.79 Å². The predicted molar refractivity (Wildman–Crippen MR) is 87.0 cm³/mol. The Labute approximate surface area is 126 Å². The number of nitrogens with one attached hydrogen (secondary N) is 1. The highest BCUT2D eigenvalue weighted by Gasteiger charge is 2.10. The number of benzene rings is 2. The summed E-state index contributed by atoms with van der Waals surface area (Å²) >= 11 is 0. The van der Waals surface area contributed by atoms with E-state index < -0.39 is 0 Å². The van der Waals surface area contributed by atoms with Crippen LogP contribution in [0.15, 0.2) is 42.5 Å². The molecule has 0 aliphatic heterocycles. The van der Waals surface area contributed by atoms with Crippen molar-refractivity contribution in [2.75, 3.05) is 5.73 Å². The van der Waals surface area contributed by atoms with E-state index in [2.05, 4.69) is 31.3 Å². The molecule has 0 saturated heterocycles. The Morgan fingerprint density at radius 1 is 1.10 bits per heavy atom. The third-order valence-electron chi connectivity index (χ3n) is 3.75. The van der Waals surface area contributed by atoms with E-state index >= 15 is 0 Å².